The van der Waals surface area contributed by atoms with E-state index in [1.54, 1.807) is 0 Å². The van der Waals surface area contributed by atoms with Crippen molar-refractivity contribution in [1.82, 2.24) is 10.2 Å². The lowest BCUT2D eigenvalue weighted by atomic mass is 9.88. The molecule has 2 atom stereocenters. The van der Waals surface area contributed by atoms with E-state index >= 15 is 0 Å². The average Bonchev–Trinajstić information content (AvgIpc) is 2.88. The second-order valence-corrected chi connectivity index (χ2v) is 6.05. The number of carbonyl (C=O) groups excluding carboxylic acids is 1. The quantitative estimate of drug-likeness (QED) is 0.897. The van der Waals surface area contributed by atoms with Crippen LogP contribution in [-0.2, 0) is 11.2 Å². The first kappa shape index (κ1) is 12.9. The fourth-order valence-electron chi connectivity index (χ4n) is 3.15. The molecule has 0 radical (unpaired) electrons. The van der Waals surface area contributed by atoms with E-state index in [-0.39, 0.29) is 5.91 Å². The minimum atomic E-state index is 0.243. The van der Waals surface area contributed by atoms with Gasteiger partial charge in [-0.3, -0.25) is 4.79 Å². The van der Waals surface area contributed by atoms with Crippen LogP contribution >= 0.6 is 11.6 Å². The Morgan fingerprint density at radius 3 is 2.79 bits per heavy atom. The summed E-state index contributed by atoms with van der Waals surface area (Å²) in [6, 6.07) is 7.56. The largest absolute Gasteiger partial charge is 0.342 e. The molecule has 19 heavy (non-hydrogen) atoms. The van der Waals surface area contributed by atoms with Crippen molar-refractivity contribution in [3.8, 4) is 0 Å². The standard InChI is InChI=1S/C15H19ClN2O/c16-14-3-1-11(2-4-14)7-15(19)18-6-5-12-8-17-9-13(12)10-18/h1-4,12-13,17H,5-10H2. The number of hydrogen-bond acceptors (Lipinski definition) is 2. The van der Waals surface area contributed by atoms with Crippen LogP contribution in [0.25, 0.3) is 0 Å². The lowest BCUT2D eigenvalue weighted by Crippen LogP contribution is -2.44. The fourth-order valence-corrected chi connectivity index (χ4v) is 3.28. The average molecular weight is 279 g/mol. The second-order valence-electron chi connectivity index (χ2n) is 5.61. The molecule has 102 valence electrons. The van der Waals surface area contributed by atoms with Crippen molar-refractivity contribution in [2.45, 2.75) is 12.8 Å². The molecule has 2 heterocycles. The van der Waals surface area contributed by atoms with Crippen molar-refractivity contribution in [3.63, 3.8) is 0 Å². The molecule has 1 N–H and O–H groups in total. The van der Waals surface area contributed by atoms with Crippen molar-refractivity contribution >= 4 is 17.5 Å². The number of likely N-dealkylation sites (tertiary alicyclic amines) is 1. The van der Waals surface area contributed by atoms with Crippen molar-refractivity contribution in [3.05, 3.63) is 34.9 Å². The van der Waals surface area contributed by atoms with Crippen LogP contribution in [0.3, 0.4) is 0 Å². The zero-order valence-corrected chi connectivity index (χ0v) is 11.7. The molecule has 3 rings (SSSR count). The number of halogens is 1. The Hall–Kier alpha value is -1.06. The first-order valence-corrected chi connectivity index (χ1v) is 7.33. The first-order valence-electron chi connectivity index (χ1n) is 6.95. The minimum absolute atomic E-state index is 0.243. The molecule has 1 aromatic rings. The Bertz CT molecular complexity index is 460. The van der Waals surface area contributed by atoms with Gasteiger partial charge in [-0.2, -0.15) is 0 Å². The van der Waals surface area contributed by atoms with Gasteiger partial charge in [0.25, 0.3) is 0 Å². The van der Waals surface area contributed by atoms with Gasteiger partial charge in [0, 0.05) is 18.1 Å². The van der Waals surface area contributed by atoms with Crippen LogP contribution in [0.5, 0.6) is 0 Å². The predicted molar refractivity (Wildman–Crippen MR) is 76.2 cm³/mol. The van der Waals surface area contributed by atoms with E-state index in [4.69, 9.17) is 11.6 Å². The number of fused-ring (bicyclic) bond motifs is 1. The third-order valence-corrected chi connectivity index (χ3v) is 4.58. The first-order chi connectivity index (χ1) is 9.22. The van der Waals surface area contributed by atoms with E-state index in [1.807, 2.05) is 29.2 Å². The SMILES string of the molecule is O=C(Cc1ccc(Cl)cc1)N1CCC2CNCC2C1. The summed E-state index contributed by atoms with van der Waals surface area (Å²) in [5.74, 6) is 1.68. The summed E-state index contributed by atoms with van der Waals surface area (Å²) >= 11 is 5.86. The summed E-state index contributed by atoms with van der Waals surface area (Å²) < 4.78 is 0. The summed E-state index contributed by atoms with van der Waals surface area (Å²) in [6.07, 6.45) is 1.63. The number of nitrogens with one attached hydrogen (secondary N) is 1. The summed E-state index contributed by atoms with van der Waals surface area (Å²) in [7, 11) is 0. The van der Waals surface area contributed by atoms with Gasteiger partial charge in [0.05, 0.1) is 6.42 Å². The van der Waals surface area contributed by atoms with Gasteiger partial charge in [-0.05, 0) is 49.0 Å². The van der Waals surface area contributed by atoms with Gasteiger partial charge in [-0.1, -0.05) is 23.7 Å². The van der Waals surface area contributed by atoms with Gasteiger partial charge in [0.15, 0.2) is 0 Å². The Kier molecular flexibility index (Phi) is 3.76. The van der Waals surface area contributed by atoms with E-state index in [1.165, 1.54) is 0 Å². The number of nitrogens with zero attached hydrogens (tertiary/aromatic N) is 1. The van der Waals surface area contributed by atoms with Crippen molar-refractivity contribution < 1.29 is 4.79 Å². The van der Waals surface area contributed by atoms with Gasteiger partial charge < -0.3 is 10.2 Å². The molecular formula is C15H19ClN2O. The van der Waals surface area contributed by atoms with Gasteiger partial charge in [-0.25, -0.2) is 0 Å². The molecule has 2 fully saturated rings. The molecule has 0 bridgehead atoms. The number of benzene rings is 1. The highest BCUT2D eigenvalue weighted by molar-refractivity contribution is 6.30. The molecule has 2 aliphatic rings. The van der Waals surface area contributed by atoms with Gasteiger partial charge >= 0.3 is 0 Å². The van der Waals surface area contributed by atoms with E-state index in [0.29, 0.717) is 17.4 Å². The van der Waals surface area contributed by atoms with Gasteiger partial charge in [-0.15, -0.1) is 0 Å². The summed E-state index contributed by atoms with van der Waals surface area (Å²) in [4.78, 5) is 14.3. The minimum Gasteiger partial charge on any atom is -0.342 e. The van der Waals surface area contributed by atoms with Crippen LogP contribution in [0.2, 0.25) is 5.02 Å². The van der Waals surface area contributed by atoms with Gasteiger partial charge in [0.1, 0.15) is 0 Å². The number of hydrogen-bond donors (Lipinski definition) is 1. The maximum Gasteiger partial charge on any atom is 0.226 e. The lowest BCUT2D eigenvalue weighted by molar-refractivity contribution is -0.132. The van der Waals surface area contributed by atoms with Crippen LogP contribution in [0.1, 0.15) is 12.0 Å². The van der Waals surface area contributed by atoms with E-state index in [0.717, 1.165) is 44.1 Å². The normalized spacial score (nSPS) is 26.3. The van der Waals surface area contributed by atoms with E-state index < -0.39 is 0 Å². The van der Waals surface area contributed by atoms with Crippen LogP contribution < -0.4 is 5.32 Å². The topological polar surface area (TPSA) is 32.3 Å². The summed E-state index contributed by atoms with van der Waals surface area (Å²) in [5, 5.41) is 4.14. The second kappa shape index (κ2) is 5.51. The molecule has 2 unspecified atom stereocenters. The zero-order valence-electron chi connectivity index (χ0n) is 10.9. The van der Waals surface area contributed by atoms with E-state index in [9.17, 15) is 4.79 Å². The van der Waals surface area contributed by atoms with E-state index in [2.05, 4.69) is 5.32 Å². The molecule has 0 aliphatic carbocycles. The third kappa shape index (κ3) is 2.93. The zero-order chi connectivity index (χ0) is 13.2. The molecule has 4 heteroatoms. The monoisotopic (exact) mass is 278 g/mol. The molecule has 3 nitrogen and oxygen atoms in total. The highest BCUT2D eigenvalue weighted by atomic mass is 35.5. The number of piperidine rings is 1. The molecule has 2 saturated heterocycles. The highest BCUT2D eigenvalue weighted by Gasteiger charge is 2.34. The smallest absolute Gasteiger partial charge is 0.226 e. The fraction of sp³-hybridized carbons (Fsp3) is 0.533. The highest BCUT2D eigenvalue weighted by Crippen LogP contribution is 2.26. The van der Waals surface area contributed by atoms with Gasteiger partial charge in [0.2, 0.25) is 5.91 Å². The van der Waals surface area contributed by atoms with Crippen LogP contribution in [0.4, 0.5) is 0 Å². The number of amides is 1. The molecule has 1 amide bonds. The Morgan fingerprint density at radius 2 is 2.00 bits per heavy atom. The van der Waals surface area contributed by atoms with Crippen molar-refractivity contribution in [2.75, 3.05) is 26.2 Å². The maximum atomic E-state index is 12.3. The molecule has 1 aromatic carbocycles. The van der Waals surface area contributed by atoms with Crippen LogP contribution in [0, 0.1) is 11.8 Å². The molecule has 0 saturated carbocycles. The predicted octanol–water partition coefficient (Wildman–Crippen LogP) is 1.95. The Labute approximate surface area is 118 Å². The summed E-state index contributed by atoms with van der Waals surface area (Å²) in [5.41, 5.74) is 1.04. The lowest BCUT2D eigenvalue weighted by Gasteiger charge is -2.34. The Morgan fingerprint density at radius 1 is 1.26 bits per heavy atom. The van der Waals surface area contributed by atoms with Crippen molar-refractivity contribution in [2.24, 2.45) is 11.8 Å². The van der Waals surface area contributed by atoms with Crippen molar-refractivity contribution in [1.29, 1.82) is 0 Å². The summed E-state index contributed by atoms with van der Waals surface area (Å²) in [6.45, 7) is 4.03. The van der Waals surface area contributed by atoms with Crippen LogP contribution in [0.15, 0.2) is 24.3 Å². The van der Waals surface area contributed by atoms with Crippen LogP contribution in [-0.4, -0.2) is 37.0 Å². The third-order valence-electron chi connectivity index (χ3n) is 4.33. The molecule has 2 aliphatic heterocycles. The Balaban J connectivity index is 1.59. The number of carbonyl (C=O) groups is 1. The maximum absolute atomic E-state index is 12.3. The molecule has 0 spiro atoms. The molecular weight excluding hydrogens is 260 g/mol. The number of rotatable bonds is 2. The molecule has 0 aromatic heterocycles.